The molecule has 27 heavy (non-hydrogen) atoms. The Morgan fingerprint density at radius 2 is 1.89 bits per heavy atom. The van der Waals surface area contributed by atoms with Gasteiger partial charge in [0.2, 0.25) is 0 Å². The largest absolute Gasteiger partial charge is 0.490 e. The molecule has 8 heteroatoms. The van der Waals surface area contributed by atoms with Gasteiger partial charge < -0.3 is 25.0 Å². The molecule has 1 amide bonds. The third-order valence-corrected chi connectivity index (χ3v) is 4.90. The summed E-state index contributed by atoms with van der Waals surface area (Å²) in [6.45, 7) is 1.91. The fourth-order valence-corrected chi connectivity index (χ4v) is 2.99. The first kappa shape index (κ1) is 19.5. The minimum atomic E-state index is -0.329. The highest BCUT2D eigenvalue weighted by Gasteiger charge is 2.31. The van der Waals surface area contributed by atoms with Crippen LogP contribution in [0.4, 0.5) is 16.2 Å². The number of ether oxygens (including phenoxy) is 2. The summed E-state index contributed by atoms with van der Waals surface area (Å²) in [5.41, 5.74) is 1.86. The first-order chi connectivity index (χ1) is 13.0. The second-order valence-corrected chi connectivity index (χ2v) is 6.91. The van der Waals surface area contributed by atoms with Gasteiger partial charge in [0.15, 0.2) is 6.10 Å². The second kappa shape index (κ2) is 9.06. The minimum Gasteiger partial charge on any atom is -0.490 e. The van der Waals surface area contributed by atoms with Crippen LogP contribution in [0.25, 0.3) is 0 Å². The van der Waals surface area contributed by atoms with Crippen LogP contribution in [0.2, 0.25) is 10.0 Å². The van der Waals surface area contributed by atoms with Crippen LogP contribution in [0.1, 0.15) is 0 Å². The summed E-state index contributed by atoms with van der Waals surface area (Å²) < 4.78 is 11.1. The summed E-state index contributed by atoms with van der Waals surface area (Å²) >= 11 is 11.9. The molecule has 6 nitrogen and oxygen atoms in total. The number of carbonyl (C=O) groups excluding carboxylic acids is 1. The van der Waals surface area contributed by atoms with Crippen LogP contribution in [0.5, 0.6) is 5.75 Å². The number of rotatable bonds is 8. The van der Waals surface area contributed by atoms with Crippen molar-refractivity contribution in [1.82, 2.24) is 4.90 Å². The lowest BCUT2D eigenvalue weighted by atomic mass is 10.3. The van der Waals surface area contributed by atoms with Gasteiger partial charge in [0.25, 0.3) is 0 Å². The van der Waals surface area contributed by atoms with Crippen molar-refractivity contribution in [3.8, 4) is 5.75 Å². The van der Waals surface area contributed by atoms with Crippen LogP contribution >= 0.6 is 23.2 Å². The van der Waals surface area contributed by atoms with Crippen LogP contribution in [0, 0.1) is 0 Å². The Labute approximate surface area is 168 Å². The topological polar surface area (TPSA) is 62.8 Å². The highest BCUT2D eigenvalue weighted by atomic mass is 35.5. The van der Waals surface area contributed by atoms with Crippen LogP contribution in [0.3, 0.4) is 0 Å². The van der Waals surface area contributed by atoms with Crippen molar-refractivity contribution in [3.05, 3.63) is 52.5 Å². The van der Waals surface area contributed by atoms with Gasteiger partial charge in [-0.3, -0.25) is 0 Å². The van der Waals surface area contributed by atoms with Gasteiger partial charge in [-0.1, -0.05) is 23.2 Å². The van der Waals surface area contributed by atoms with Crippen molar-refractivity contribution in [2.45, 2.75) is 6.10 Å². The number of nitrogens with one attached hydrogen (secondary N) is 2. The zero-order valence-electron chi connectivity index (χ0n) is 14.9. The number of hydrogen-bond acceptors (Lipinski definition) is 5. The molecule has 3 rings (SSSR count). The molecule has 0 unspecified atom stereocenters. The van der Waals surface area contributed by atoms with E-state index < -0.39 is 0 Å². The summed E-state index contributed by atoms with van der Waals surface area (Å²) in [6.07, 6.45) is -0.614. The Bertz CT molecular complexity index is 786. The molecule has 144 valence electrons. The van der Waals surface area contributed by atoms with Crippen molar-refractivity contribution in [3.63, 3.8) is 0 Å². The van der Waals surface area contributed by atoms with Crippen molar-refractivity contribution in [2.75, 3.05) is 43.9 Å². The molecule has 1 fully saturated rings. The number of cyclic esters (lactones) is 1. The summed E-state index contributed by atoms with van der Waals surface area (Å²) in [5, 5.41) is 7.26. The van der Waals surface area contributed by atoms with E-state index in [1.54, 1.807) is 17.0 Å². The van der Waals surface area contributed by atoms with Gasteiger partial charge >= 0.3 is 6.09 Å². The minimum absolute atomic E-state index is 0.286. The summed E-state index contributed by atoms with van der Waals surface area (Å²) in [4.78, 5) is 13.6. The van der Waals surface area contributed by atoms with E-state index in [9.17, 15) is 4.79 Å². The highest BCUT2D eigenvalue weighted by Crippen LogP contribution is 2.25. The maximum Gasteiger partial charge on any atom is 0.410 e. The van der Waals surface area contributed by atoms with Crippen LogP contribution in [0.15, 0.2) is 42.5 Å². The molecule has 1 atom stereocenters. The molecule has 0 aromatic heterocycles. The number of nitrogens with zero attached hydrogens (tertiary/aromatic N) is 1. The Hall–Kier alpha value is -2.31. The number of anilines is 2. The maximum atomic E-state index is 12.0. The Balaban J connectivity index is 1.42. The lowest BCUT2D eigenvalue weighted by Gasteiger charge is -2.14. The van der Waals surface area contributed by atoms with Crippen molar-refractivity contribution >= 4 is 40.7 Å². The van der Waals surface area contributed by atoms with Crippen LogP contribution < -0.4 is 15.4 Å². The van der Waals surface area contributed by atoms with E-state index in [0.29, 0.717) is 36.3 Å². The molecule has 2 aromatic carbocycles. The van der Waals surface area contributed by atoms with Gasteiger partial charge in [-0.05, 0) is 42.5 Å². The van der Waals surface area contributed by atoms with E-state index in [-0.39, 0.29) is 12.2 Å². The van der Waals surface area contributed by atoms with Gasteiger partial charge in [-0.25, -0.2) is 4.79 Å². The second-order valence-electron chi connectivity index (χ2n) is 6.09. The van der Waals surface area contributed by atoms with Gasteiger partial charge in [-0.15, -0.1) is 0 Å². The fourth-order valence-electron chi connectivity index (χ4n) is 2.69. The van der Waals surface area contributed by atoms with Crippen LogP contribution in [-0.2, 0) is 4.74 Å². The smallest absolute Gasteiger partial charge is 0.410 e. The summed E-state index contributed by atoms with van der Waals surface area (Å²) in [5.74, 6) is 0.741. The normalized spacial score (nSPS) is 16.2. The molecule has 0 spiro atoms. The molecule has 1 aliphatic heterocycles. The molecule has 0 radical (unpaired) electrons. The van der Waals surface area contributed by atoms with Crippen molar-refractivity contribution in [2.24, 2.45) is 0 Å². The number of halogens is 2. The average molecular weight is 410 g/mol. The first-order valence-electron chi connectivity index (χ1n) is 8.60. The van der Waals surface area contributed by atoms with Gasteiger partial charge in [-0.2, -0.15) is 0 Å². The Kier molecular flexibility index (Phi) is 6.53. The summed E-state index contributed by atoms with van der Waals surface area (Å²) in [7, 11) is 1.86. The SMILES string of the molecule is CNc1ccc(OC[C@@H]2CN(CCNc3ccc(Cl)c(Cl)c3)C(=O)O2)cc1. The third kappa shape index (κ3) is 5.34. The first-order valence-corrected chi connectivity index (χ1v) is 9.36. The Morgan fingerprint density at radius 3 is 2.59 bits per heavy atom. The molecule has 2 N–H and O–H groups in total. The molecule has 1 saturated heterocycles. The predicted molar refractivity (Wildman–Crippen MR) is 108 cm³/mol. The standard InChI is InChI=1S/C19H21Cl2N3O3/c1-22-13-2-5-15(6-3-13)26-12-16-11-24(19(25)27-16)9-8-23-14-4-7-17(20)18(21)10-14/h2-7,10,16,22-23H,8-9,11-12H2,1H3/t16-/m0/s1. The van der Waals surface area contributed by atoms with E-state index in [4.69, 9.17) is 32.7 Å². The Morgan fingerprint density at radius 1 is 1.15 bits per heavy atom. The lowest BCUT2D eigenvalue weighted by Crippen LogP contribution is -2.31. The van der Waals surface area contributed by atoms with Crippen LogP contribution in [-0.4, -0.2) is 50.4 Å². The van der Waals surface area contributed by atoms with Crippen molar-refractivity contribution in [1.29, 1.82) is 0 Å². The molecule has 1 heterocycles. The lowest BCUT2D eigenvalue weighted by molar-refractivity contribution is 0.103. The zero-order valence-corrected chi connectivity index (χ0v) is 16.4. The maximum absolute atomic E-state index is 12.0. The number of carbonyl (C=O) groups is 1. The van der Waals surface area contributed by atoms with E-state index in [1.165, 1.54) is 0 Å². The third-order valence-electron chi connectivity index (χ3n) is 4.16. The number of benzene rings is 2. The van der Waals surface area contributed by atoms with E-state index in [2.05, 4.69) is 10.6 Å². The van der Waals surface area contributed by atoms with Gasteiger partial charge in [0.1, 0.15) is 12.4 Å². The summed E-state index contributed by atoms with van der Waals surface area (Å²) in [6, 6.07) is 12.9. The van der Waals surface area contributed by atoms with E-state index in [1.807, 2.05) is 37.4 Å². The predicted octanol–water partition coefficient (Wildman–Crippen LogP) is 4.35. The molecule has 0 bridgehead atoms. The average Bonchev–Trinajstić information content (AvgIpc) is 3.03. The number of amides is 1. The molecule has 2 aromatic rings. The van der Waals surface area contributed by atoms with Crippen molar-refractivity contribution < 1.29 is 14.3 Å². The number of hydrogen-bond donors (Lipinski definition) is 2. The zero-order chi connectivity index (χ0) is 19.2. The van der Waals surface area contributed by atoms with Gasteiger partial charge in [0.05, 0.1) is 16.6 Å². The molecular weight excluding hydrogens is 389 g/mol. The van der Waals surface area contributed by atoms with E-state index in [0.717, 1.165) is 17.1 Å². The molecule has 0 aliphatic carbocycles. The quantitative estimate of drug-likeness (QED) is 0.678. The van der Waals surface area contributed by atoms with E-state index >= 15 is 0 Å². The molecule has 1 aliphatic rings. The fraction of sp³-hybridized carbons (Fsp3) is 0.316. The molecule has 0 saturated carbocycles. The van der Waals surface area contributed by atoms with Gasteiger partial charge in [0, 0.05) is 31.5 Å². The monoisotopic (exact) mass is 409 g/mol. The molecular formula is C19H21Cl2N3O3. The highest BCUT2D eigenvalue weighted by molar-refractivity contribution is 6.42.